The molecular formula is C19H31NO. The quantitative estimate of drug-likeness (QED) is 0.819. The second-order valence-electron chi connectivity index (χ2n) is 6.55. The topological polar surface area (TPSA) is 35.2 Å². The zero-order chi connectivity index (χ0) is 15.2. The van der Waals surface area contributed by atoms with E-state index in [1.165, 1.54) is 43.2 Å². The lowest BCUT2D eigenvalue weighted by Crippen LogP contribution is -2.34. The van der Waals surface area contributed by atoms with E-state index in [0.29, 0.717) is 6.10 Å². The van der Waals surface area contributed by atoms with Gasteiger partial charge in [0.05, 0.1) is 12.2 Å². The van der Waals surface area contributed by atoms with Crippen LogP contribution in [0.4, 0.5) is 0 Å². The fourth-order valence-corrected chi connectivity index (χ4v) is 3.47. The highest BCUT2D eigenvalue weighted by molar-refractivity contribution is 5.28. The first kappa shape index (κ1) is 16.5. The molecule has 0 amide bonds. The summed E-state index contributed by atoms with van der Waals surface area (Å²) >= 11 is 0. The summed E-state index contributed by atoms with van der Waals surface area (Å²) in [4.78, 5) is 0. The molecule has 2 heteroatoms. The summed E-state index contributed by atoms with van der Waals surface area (Å²) in [6, 6.07) is 8.59. The standard InChI is InChI=1S/C19H31NO/c1-4-15-10-8-11-16(13-15)21-19(18(20)5-2)17-12-7-6-9-14(17)3/h6-7,9,12,15-16,18-19H,4-5,8,10-11,13,20H2,1-3H3. The lowest BCUT2D eigenvalue weighted by Gasteiger charge is -2.34. The minimum absolute atomic E-state index is 0.0387. The lowest BCUT2D eigenvalue weighted by atomic mass is 9.85. The van der Waals surface area contributed by atoms with E-state index in [0.717, 1.165) is 12.3 Å². The molecule has 0 aliphatic heterocycles. The van der Waals surface area contributed by atoms with Crippen LogP contribution in [0.15, 0.2) is 24.3 Å². The van der Waals surface area contributed by atoms with Crippen LogP contribution in [0.1, 0.15) is 69.6 Å². The van der Waals surface area contributed by atoms with Crippen LogP contribution in [0.5, 0.6) is 0 Å². The molecular weight excluding hydrogens is 258 g/mol. The maximum atomic E-state index is 6.52. The Hall–Kier alpha value is -0.860. The summed E-state index contributed by atoms with van der Waals surface area (Å²) in [7, 11) is 0. The first-order valence-corrected chi connectivity index (χ1v) is 8.62. The Morgan fingerprint density at radius 3 is 2.67 bits per heavy atom. The molecule has 21 heavy (non-hydrogen) atoms. The second-order valence-corrected chi connectivity index (χ2v) is 6.55. The summed E-state index contributed by atoms with van der Waals surface area (Å²) in [5.41, 5.74) is 8.93. The molecule has 0 radical (unpaired) electrons. The second kappa shape index (κ2) is 7.95. The van der Waals surface area contributed by atoms with Gasteiger partial charge in [-0.1, -0.05) is 57.4 Å². The Morgan fingerprint density at radius 1 is 1.24 bits per heavy atom. The van der Waals surface area contributed by atoms with Crippen LogP contribution in [0.3, 0.4) is 0 Å². The van der Waals surface area contributed by atoms with Crippen molar-refractivity contribution in [2.45, 2.75) is 77.5 Å². The molecule has 1 fully saturated rings. The van der Waals surface area contributed by atoms with Gasteiger partial charge in [-0.15, -0.1) is 0 Å². The highest BCUT2D eigenvalue weighted by atomic mass is 16.5. The normalized spacial score (nSPS) is 25.5. The third-order valence-corrected chi connectivity index (χ3v) is 5.01. The Bertz CT molecular complexity index is 431. The molecule has 1 aromatic carbocycles. The van der Waals surface area contributed by atoms with Crippen molar-refractivity contribution in [3.05, 3.63) is 35.4 Å². The highest BCUT2D eigenvalue weighted by Crippen LogP contribution is 2.34. The van der Waals surface area contributed by atoms with Gasteiger partial charge in [-0.2, -0.15) is 0 Å². The van der Waals surface area contributed by atoms with Gasteiger partial charge in [-0.25, -0.2) is 0 Å². The third kappa shape index (κ3) is 4.31. The van der Waals surface area contributed by atoms with Gasteiger partial charge >= 0.3 is 0 Å². The highest BCUT2D eigenvalue weighted by Gasteiger charge is 2.28. The van der Waals surface area contributed by atoms with E-state index in [4.69, 9.17) is 10.5 Å². The van der Waals surface area contributed by atoms with E-state index in [1.54, 1.807) is 0 Å². The van der Waals surface area contributed by atoms with Gasteiger partial charge in [0, 0.05) is 6.04 Å². The van der Waals surface area contributed by atoms with Gasteiger partial charge in [0.1, 0.15) is 0 Å². The monoisotopic (exact) mass is 289 g/mol. The van der Waals surface area contributed by atoms with Gasteiger partial charge in [0.15, 0.2) is 0 Å². The number of aryl methyl sites for hydroxylation is 1. The van der Waals surface area contributed by atoms with E-state index in [2.05, 4.69) is 45.0 Å². The predicted octanol–water partition coefficient (Wildman–Crippen LogP) is 4.76. The van der Waals surface area contributed by atoms with Gasteiger partial charge < -0.3 is 10.5 Å². The summed E-state index contributed by atoms with van der Waals surface area (Å²) in [6.45, 7) is 6.60. The molecule has 0 aromatic heterocycles. The fraction of sp³-hybridized carbons (Fsp3) is 0.684. The fourth-order valence-electron chi connectivity index (χ4n) is 3.47. The molecule has 1 aromatic rings. The molecule has 1 aliphatic rings. The molecule has 0 heterocycles. The van der Waals surface area contributed by atoms with Crippen molar-refractivity contribution >= 4 is 0 Å². The van der Waals surface area contributed by atoms with Gasteiger partial charge in [0.2, 0.25) is 0 Å². The number of hydrogen-bond donors (Lipinski definition) is 1. The molecule has 0 spiro atoms. The van der Waals surface area contributed by atoms with E-state index < -0.39 is 0 Å². The molecule has 1 aliphatic carbocycles. The Morgan fingerprint density at radius 2 is 2.00 bits per heavy atom. The molecule has 4 atom stereocenters. The molecule has 2 rings (SSSR count). The Balaban J connectivity index is 2.12. The average Bonchev–Trinajstić information content (AvgIpc) is 2.53. The minimum atomic E-state index is 0.0387. The third-order valence-electron chi connectivity index (χ3n) is 5.01. The van der Waals surface area contributed by atoms with Crippen LogP contribution in [0.25, 0.3) is 0 Å². The molecule has 4 unspecified atom stereocenters. The van der Waals surface area contributed by atoms with E-state index in [9.17, 15) is 0 Å². The van der Waals surface area contributed by atoms with Crippen LogP contribution >= 0.6 is 0 Å². The van der Waals surface area contributed by atoms with Crippen molar-refractivity contribution in [1.82, 2.24) is 0 Å². The Kier molecular flexibility index (Phi) is 6.25. The largest absolute Gasteiger partial charge is 0.369 e. The smallest absolute Gasteiger partial charge is 0.0981 e. The number of benzene rings is 1. The van der Waals surface area contributed by atoms with Crippen molar-refractivity contribution in [2.75, 3.05) is 0 Å². The predicted molar refractivity (Wildman–Crippen MR) is 89.3 cm³/mol. The van der Waals surface area contributed by atoms with Crippen molar-refractivity contribution in [3.63, 3.8) is 0 Å². The maximum Gasteiger partial charge on any atom is 0.0981 e. The molecule has 118 valence electrons. The summed E-state index contributed by atoms with van der Waals surface area (Å²) in [5.74, 6) is 0.833. The van der Waals surface area contributed by atoms with Crippen LogP contribution in [0, 0.1) is 12.8 Å². The molecule has 1 saturated carbocycles. The van der Waals surface area contributed by atoms with Crippen LogP contribution in [0.2, 0.25) is 0 Å². The number of rotatable bonds is 6. The van der Waals surface area contributed by atoms with Gasteiger partial charge in [0.25, 0.3) is 0 Å². The molecule has 0 bridgehead atoms. The van der Waals surface area contributed by atoms with Crippen molar-refractivity contribution in [2.24, 2.45) is 11.7 Å². The Labute approximate surface area is 130 Å². The molecule has 2 nitrogen and oxygen atoms in total. The van der Waals surface area contributed by atoms with Crippen molar-refractivity contribution in [1.29, 1.82) is 0 Å². The SMILES string of the molecule is CCC1CCCC(OC(c2ccccc2C)C(N)CC)C1. The molecule has 2 N–H and O–H groups in total. The van der Waals surface area contributed by atoms with Crippen LogP contribution in [-0.4, -0.2) is 12.1 Å². The van der Waals surface area contributed by atoms with Gasteiger partial charge in [-0.3, -0.25) is 0 Å². The van der Waals surface area contributed by atoms with E-state index in [1.807, 2.05) is 0 Å². The lowest BCUT2D eigenvalue weighted by molar-refractivity contribution is -0.0538. The maximum absolute atomic E-state index is 6.52. The van der Waals surface area contributed by atoms with Crippen LogP contribution in [-0.2, 0) is 4.74 Å². The van der Waals surface area contributed by atoms with E-state index >= 15 is 0 Å². The zero-order valence-electron chi connectivity index (χ0n) is 13.8. The summed E-state index contributed by atoms with van der Waals surface area (Å²) in [5, 5.41) is 0. The van der Waals surface area contributed by atoms with Crippen molar-refractivity contribution < 1.29 is 4.74 Å². The number of nitrogens with two attached hydrogens (primary N) is 1. The number of hydrogen-bond acceptors (Lipinski definition) is 2. The average molecular weight is 289 g/mol. The molecule has 0 saturated heterocycles. The van der Waals surface area contributed by atoms with E-state index in [-0.39, 0.29) is 12.1 Å². The zero-order valence-corrected chi connectivity index (χ0v) is 13.8. The summed E-state index contributed by atoms with van der Waals surface area (Å²) < 4.78 is 6.52. The van der Waals surface area contributed by atoms with Crippen molar-refractivity contribution in [3.8, 4) is 0 Å². The first-order valence-electron chi connectivity index (χ1n) is 8.62. The minimum Gasteiger partial charge on any atom is -0.369 e. The first-order chi connectivity index (χ1) is 10.2. The summed E-state index contributed by atoms with van der Waals surface area (Å²) in [6.07, 6.45) is 7.70. The van der Waals surface area contributed by atoms with Gasteiger partial charge in [-0.05, 0) is 43.2 Å². The van der Waals surface area contributed by atoms with Crippen LogP contribution < -0.4 is 5.73 Å². The number of ether oxygens (including phenoxy) is 1.